The quantitative estimate of drug-likeness (QED) is 0.739. The van der Waals surface area contributed by atoms with Gasteiger partial charge in [-0.2, -0.15) is 0 Å². The van der Waals surface area contributed by atoms with Gasteiger partial charge in [0, 0.05) is 12.8 Å². The number of ether oxygens (including phenoxy) is 1. The minimum atomic E-state index is -2.24. The van der Waals surface area contributed by atoms with Crippen molar-refractivity contribution in [2.24, 2.45) is 5.92 Å². The predicted octanol–water partition coefficient (Wildman–Crippen LogP) is 2.84. The van der Waals surface area contributed by atoms with Crippen molar-refractivity contribution in [2.75, 3.05) is 6.61 Å². The molecule has 0 radical (unpaired) electrons. The molecule has 0 aliphatic carbocycles. The maximum atomic E-state index is 12.9. The molecule has 2 amide bonds. The molecule has 1 saturated heterocycles. The Balaban J connectivity index is 2.26. The summed E-state index contributed by atoms with van der Waals surface area (Å²) in [4.78, 5) is 37.5. The first-order valence-electron chi connectivity index (χ1n) is 8.90. The summed E-state index contributed by atoms with van der Waals surface area (Å²) < 4.78 is 5.05. The largest absolute Gasteiger partial charge is 0.481 e. The SMILES string of the molecule is CC(C)[C@H]1COC(=O)N1C(=O)C[C@H](CC(=O)O)[Si](C)(C)c1ccccc1. The number of hydrogen-bond acceptors (Lipinski definition) is 4. The standard InChI is InChI=1S/C19H27NO5Si/c1-13(2)16-12-25-19(24)20(16)17(21)10-15(11-18(22)23)26(3,4)14-8-6-5-7-9-14/h5-9,13,15-16H,10-12H2,1-4H3,(H,22,23)/t15-,16-/m1/s1. The summed E-state index contributed by atoms with van der Waals surface area (Å²) in [5, 5.41) is 10.5. The molecule has 0 aromatic heterocycles. The van der Waals surface area contributed by atoms with Gasteiger partial charge in [-0.1, -0.05) is 62.5 Å². The van der Waals surface area contributed by atoms with Crippen molar-refractivity contribution in [3.05, 3.63) is 30.3 Å². The van der Waals surface area contributed by atoms with Crippen LogP contribution in [-0.2, 0) is 14.3 Å². The maximum absolute atomic E-state index is 12.9. The van der Waals surface area contributed by atoms with Crippen molar-refractivity contribution in [3.63, 3.8) is 0 Å². The number of carboxylic acid groups (broad SMARTS) is 1. The Morgan fingerprint density at radius 2 is 1.85 bits per heavy atom. The summed E-state index contributed by atoms with van der Waals surface area (Å²) in [6, 6.07) is 9.46. The van der Waals surface area contributed by atoms with Crippen LogP contribution in [0.25, 0.3) is 0 Å². The Morgan fingerprint density at radius 1 is 1.23 bits per heavy atom. The van der Waals surface area contributed by atoms with Crippen molar-refractivity contribution in [2.45, 2.75) is 51.4 Å². The van der Waals surface area contributed by atoms with Gasteiger partial charge in [-0.25, -0.2) is 9.69 Å². The van der Waals surface area contributed by atoms with Crippen molar-refractivity contribution in [1.29, 1.82) is 0 Å². The number of nitrogens with zero attached hydrogens (tertiary/aromatic N) is 1. The number of rotatable bonds is 7. The average Bonchev–Trinajstić information content (AvgIpc) is 2.96. The van der Waals surface area contributed by atoms with E-state index in [9.17, 15) is 19.5 Å². The third-order valence-corrected chi connectivity index (χ3v) is 9.60. The Kier molecular flexibility index (Phi) is 6.23. The number of amides is 2. The van der Waals surface area contributed by atoms with Crippen LogP contribution >= 0.6 is 0 Å². The number of hydrogen-bond donors (Lipinski definition) is 1. The van der Waals surface area contributed by atoms with Gasteiger partial charge in [0.05, 0.1) is 14.1 Å². The van der Waals surface area contributed by atoms with Crippen LogP contribution in [0.4, 0.5) is 4.79 Å². The van der Waals surface area contributed by atoms with Crippen molar-refractivity contribution >= 4 is 31.2 Å². The van der Waals surface area contributed by atoms with Gasteiger partial charge < -0.3 is 9.84 Å². The molecule has 0 bridgehead atoms. The fraction of sp³-hybridized carbons (Fsp3) is 0.526. The Bertz CT molecular complexity index is 674. The van der Waals surface area contributed by atoms with Crippen LogP contribution in [0.5, 0.6) is 0 Å². The van der Waals surface area contributed by atoms with Gasteiger partial charge in [0.15, 0.2) is 0 Å². The topological polar surface area (TPSA) is 83.9 Å². The molecule has 26 heavy (non-hydrogen) atoms. The zero-order chi connectivity index (χ0) is 19.5. The lowest BCUT2D eigenvalue weighted by Crippen LogP contribution is -2.49. The minimum absolute atomic E-state index is 0.0404. The van der Waals surface area contributed by atoms with Crippen LogP contribution in [0.2, 0.25) is 18.6 Å². The van der Waals surface area contributed by atoms with Gasteiger partial charge in [-0.05, 0) is 11.5 Å². The summed E-state index contributed by atoms with van der Waals surface area (Å²) in [6.07, 6.45) is -0.671. The highest BCUT2D eigenvalue weighted by molar-refractivity contribution is 6.91. The maximum Gasteiger partial charge on any atom is 0.416 e. The van der Waals surface area contributed by atoms with E-state index in [1.54, 1.807) is 0 Å². The van der Waals surface area contributed by atoms with E-state index in [0.29, 0.717) is 0 Å². The molecule has 2 atom stereocenters. The highest BCUT2D eigenvalue weighted by Crippen LogP contribution is 2.32. The van der Waals surface area contributed by atoms with E-state index in [1.165, 1.54) is 4.90 Å². The molecule has 1 aromatic carbocycles. The van der Waals surface area contributed by atoms with E-state index >= 15 is 0 Å². The Labute approximate surface area is 155 Å². The van der Waals surface area contributed by atoms with Gasteiger partial charge in [-0.15, -0.1) is 0 Å². The van der Waals surface area contributed by atoms with Gasteiger partial charge in [0.2, 0.25) is 5.91 Å². The summed E-state index contributed by atoms with van der Waals surface area (Å²) in [5.41, 5.74) is -0.309. The molecule has 7 heteroatoms. The van der Waals surface area contributed by atoms with E-state index in [0.717, 1.165) is 5.19 Å². The lowest BCUT2D eigenvalue weighted by Gasteiger charge is -2.33. The molecule has 1 aliphatic rings. The van der Waals surface area contributed by atoms with Gasteiger partial charge in [0.1, 0.15) is 6.61 Å². The number of cyclic esters (lactones) is 1. The molecule has 1 N–H and O–H groups in total. The second-order valence-corrected chi connectivity index (χ2v) is 12.6. The highest BCUT2D eigenvalue weighted by atomic mass is 28.3. The smallest absolute Gasteiger partial charge is 0.416 e. The molecular formula is C19H27NO5Si. The van der Waals surface area contributed by atoms with E-state index in [2.05, 4.69) is 13.1 Å². The fourth-order valence-electron chi connectivity index (χ4n) is 3.42. The highest BCUT2D eigenvalue weighted by Gasteiger charge is 2.43. The summed E-state index contributed by atoms with van der Waals surface area (Å²) in [7, 11) is -2.24. The first-order valence-corrected chi connectivity index (χ1v) is 12.0. The molecule has 142 valence electrons. The number of carbonyl (C=O) groups is 3. The van der Waals surface area contributed by atoms with Crippen molar-refractivity contribution in [1.82, 2.24) is 4.90 Å². The van der Waals surface area contributed by atoms with Crippen LogP contribution in [-0.4, -0.2) is 48.7 Å². The number of aliphatic carboxylic acids is 1. The lowest BCUT2D eigenvalue weighted by atomic mass is 10.0. The van der Waals surface area contributed by atoms with Crippen LogP contribution in [0.1, 0.15) is 26.7 Å². The molecule has 6 nitrogen and oxygen atoms in total. The molecular weight excluding hydrogens is 350 g/mol. The molecule has 0 spiro atoms. The number of carboxylic acids is 1. The first-order chi connectivity index (χ1) is 12.1. The van der Waals surface area contributed by atoms with Gasteiger partial charge >= 0.3 is 12.1 Å². The normalized spacial score (nSPS) is 18.7. The van der Waals surface area contributed by atoms with Crippen LogP contribution < -0.4 is 5.19 Å². The first kappa shape index (κ1) is 20.2. The van der Waals surface area contributed by atoms with Crippen LogP contribution in [0.15, 0.2) is 30.3 Å². The van der Waals surface area contributed by atoms with E-state index in [-0.39, 0.29) is 42.9 Å². The second-order valence-electron chi connectivity index (χ2n) is 7.74. The predicted molar refractivity (Wildman–Crippen MR) is 101 cm³/mol. The lowest BCUT2D eigenvalue weighted by molar-refractivity contribution is -0.137. The zero-order valence-electron chi connectivity index (χ0n) is 15.8. The molecule has 0 saturated carbocycles. The number of benzene rings is 1. The van der Waals surface area contributed by atoms with E-state index in [1.807, 2.05) is 44.2 Å². The van der Waals surface area contributed by atoms with Crippen LogP contribution in [0.3, 0.4) is 0 Å². The average molecular weight is 378 g/mol. The fourth-order valence-corrected chi connectivity index (χ4v) is 6.31. The van der Waals surface area contributed by atoms with E-state index in [4.69, 9.17) is 4.74 Å². The summed E-state index contributed by atoms with van der Waals surface area (Å²) >= 11 is 0. The number of carbonyl (C=O) groups excluding carboxylic acids is 2. The van der Waals surface area contributed by atoms with Gasteiger partial charge in [-0.3, -0.25) is 9.59 Å². The molecule has 0 unspecified atom stereocenters. The monoisotopic (exact) mass is 377 g/mol. The summed E-state index contributed by atoms with van der Waals surface area (Å²) in [6.45, 7) is 8.22. The molecule has 2 rings (SSSR count). The third kappa shape index (κ3) is 4.33. The molecule has 1 heterocycles. The van der Waals surface area contributed by atoms with E-state index < -0.39 is 20.1 Å². The third-order valence-electron chi connectivity index (χ3n) is 5.32. The molecule has 1 aliphatic heterocycles. The van der Waals surface area contributed by atoms with Crippen molar-refractivity contribution < 1.29 is 24.2 Å². The minimum Gasteiger partial charge on any atom is -0.481 e. The number of imide groups is 1. The van der Waals surface area contributed by atoms with Crippen molar-refractivity contribution in [3.8, 4) is 0 Å². The Morgan fingerprint density at radius 3 is 2.38 bits per heavy atom. The summed E-state index contributed by atoms with van der Waals surface area (Å²) in [5.74, 6) is -1.18. The molecule has 1 aromatic rings. The zero-order valence-corrected chi connectivity index (χ0v) is 16.8. The van der Waals surface area contributed by atoms with Gasteiger partial charge in [0.25, 0.3) is 0 Å². The van der Waals surface area contributed by atoms with Crippen LogP contribution in [0, 0.1) is 5.92 Å². The second kappa shape index (κ2) is 8.03. The Hall–Kier alpha value is -2.15. The molecule has 1 fully saturated rings.